The van der Waals surface area contributed by atoms with Crippen molar-refractivity contribution < 1.29 is 13.6 Å². The Morgan fingerprint density at radius 3 is 2.52 bits per heavy atom. The smallest absolute Gasteiger partial charge is 0.243 e. The minimum atomic E-state index is -0.747. The Morgan fingerprint density at radius 2 is 1.90 bits per heavy atom. The molecule has 1 amide bonds. The normalized spacial score (nSPS) is 10.3. The number of amides is 1. The number of benzene rings is 1. The lowest BCUT2D eigenvalue weighted by molar-refractivity contribution is -0.114. The quantitative estimate of drug-likeness (QED) is 0.938. The first-order valence-corrected chi connectivity index (χ1v) is 6.20. The number of nitrogens with zero attached hydrogens (tertiary/aromatic N) is 3. The third kappa shape index (κ3) is 4.20. The van der Waals surface area contributed by atoms with Gasteiger partial charge in [-0.15, -0.1) is 0 Å². The first-order valence-electron chi connectivity index (χ1n) is 6.20. The van der Waals surface area contributed by atoms with Crippen LogP contribution in [0.3, 0.4) is 0 Å². The number of nitrogens with one attached hydrogen (secondary N) is 1. The molecule has 0 saturated carbocycles. The predicted octanol–water partition coefficient (Wildman–Crippen LogP) is 2.14. The SMILES string of the molecule is Cc1cncc(N(C)CC(=O)Nc2cc(F)cc(F)c2)n1. The van der Waals surface area contributed by atoms with Gasteiger partial charge in [0.25, 0.3) is 0 Å². The summed E-state index contributed by atoms with van der Waals surface area (Å²) in [7, 11) is 1.68. The predicted molar refractivity (Wildman–Crippen MR) is 75.0 cm³/mol. The largest absolute Gasteiger partial charge is 0.349 e. The van der Waals surface area contributed by atoms with Crippen molar-refractivity contribution in [3.63, 3.8) is 0 Å². The van der Waals surface area contributed by atoms with E-state index in [1.54, 1.807) is 25.1 Å². The number of anilines is 2. The van der Waals surface area contributed by atoms with E-state index < -0.39 is 17.5 Å². The molecule has 2 aromatic rings. The summed E-state index contributed by atoms with van der Waals surface area (Å²) in [5.41, 5.74) is 0.799. The molecule has 0 spiro atoms. The molecule has 1 heterocycles. The Labute approximate surface area is 120 Å². The molecule has 7 heteroatoms. The number of likely N-dealkylation sites (N-methyl/N-ethyl adjacent to an activating group) is 1. The van der Waals surface area contributed by atoms with E-state index >= 15 is 0 Å². The van der Waals surface area contributed by atoms with Gasteiger partial charge in [0.05, 0.1) is 18.4 Å². The maximum absolute atomic E-state index is 13.0. The molecule has 1 N–H and O–H groups in total. The Morgan fingerprint density at radius 1 is 1.24 bits per heavy atom. The zero-order valence-corrected chi connectivity index (χ0v) is 11.6. The van der Waals surface area contributed by atoms with Crippen molar-refractivity contribution in [2.45, 2.75) is 6.92 Å². The van der Waals surface area contributed by atoms with Gasteiger partial charge in [0, 0.05) is 25.0 Å². The van der Waals surface area contributed by atoms with E-state index in [9.17, 15) is 13.6 Å². The van der Waals surface area contributed by atoms with Crippen LogP contribution in [0.15, 0.2) is 30.6 Å². The number of carbonyl (C=O) groups is 1. The topological polar surface area (TPSA) is 58.1 Å². The standard InChI is InChI=1S/C14H14F2N4O/c1-9-6-17-7-13(18-9)20(2)8-14(21)19-12-4-10(15)3-11(16)5-12/h3-7H,8H2,1-2H3,(H,19,21). The molecule has 0 aliphatic heterocycles. The van der Waals surface area contributed by atoms with Gasteiger partial charge in [-0.25, -0.2) is 13.8 Å². The molecular weight excluding hydrogens is 278 g/mol. The molecule has 2 rings (SSSR count). The average molecular weight is 292 g/mol. The van der Waals surface area contributed by atoms with E-state index in [0.29, 0.717) is 5.82 Å². The monoisotopic (exact) mass is 292 g/mol. The van der Waals surface area contributed by atoms with Crippen molar-refractivity contribution in [2.24, 2.45) is 0 Å². The third-order valence-electron chi connectivity index (χ3n) is 2.66. The molecule has 0 saturated heterocycles. The Balaban J connectivity index is 2.01. The van der Waals surface area contributed by atoms with Crippen molar-refractivity contribution in [3.05, 3.63) is 47.9 Å². The fourth-order valence-electron chi connectivity index (χ4n) is 1.76. The summed E-state index contributed by atoms with van der Waals surface area (Å²) in [5, 5.41) is 2.43. The minimum absolute atomic E-state index is 0.0176. The summed E-state index contributed by atoms with van der Waals surface area (Å²) < 4.78 is 26.1. The number of aryl methyl sites for hydroxylation is 1. The summed E-state index contributed by atoms with van der Waals surface area (Å²) in [6, 6.07) is 2.84. The molecule has 0 aliphatic rings. The van der Waals surface area contributed by atoms with Gasteiger partial charge < -0.3 is 10.2 Å². The van der Waals surface area contributed by atoms with Gasteiger partial charge in [0.2, 0.25) is 5.91 Å². The number of aromatic nitrogens is 2. The van der Waals surface area contributed by atoms with E-state index in [2.05, 4.69) is 15.3 Å². The van der Waals surface area contributed by atoms with Crippen LogP contribution >= 0.6 is 0 Å². The number of rotatable bonds is 4. The Bertz CT molecular complexity index is 643. The summed E-state index contributed by atoms with van der Waals surface area (Å²) in [5.74, 6) is -1.37. The molecule has 0 radical (unpaired) electrons. The Kier molecular flexibility index (Phi) is 4.42. The molecule has 1 aromatic heterocycles. The van der Waals surface area contributed by atoms with E-state index in [4.69, 9.17) is 0 Å². The lowest BCUT2D eigenvalue weighted by Gasteiger charge is -2.17. The highest BCUT2D eigenvalue weighted by Crippen LogP contribution is 2.13. The van der Waals surface area contributed by atoms with Crippen LogP contribution in [0.4, 0.5) is 20.3 Å². The van der Waals surface area contributed by atoms with E-state index in [1.807, 2.05) is 0 Å². The van der Waals surface area contributed by atoms with Crippen LogP contribution < -0.4 is 10.2 Å². The van der Waals surface area contributed by atoms with E-state index in [0.717, 1.165) is 23.9 Å². The lowest BCUT2D eigenvalue weighted by atomic mass is 10.3. The first-order chi connectivity index (χ1) is 9.94. The third-order valence-corrected chi connectivity index (χ3v) is 2.66. The molecule has 0 unspecified atom stereocenters. The van der Waals surface area contributed by atoms with Crippen LogP contribution in [0.5, 0.6) is 0 Å². The second-order valence-corrected chi connectivity index (χ2v) is 4.58. The van der Waals surface area contributed by atoms with Crippen LogP contribution in [-0.4, -0.2) is 29.5 Å². The minimum Gasteiger partial charge on any atom is -0.349 e. The van der Waals surface area contributed by atoms with Crippen LogP contribution in [0.25, 0.3) is 0 Å². The maximum atomic E-state index is 13.0. The second kappa shape index (κ2) is 6.25. The van der Waals surface area contributed by atoms with Crippen LogP contribution in [0, 0.1) is 18.6 Å². The molecule has 5 nitrogen and oxygen atoms in total. The maximum Gasteiger partial charge on any atom is 0.243 e. The van der Waals surface area contributed by atoms with Crippen LogP contribution in [0.1, 0.15) is 5.69 Å². The number of hydrogen-bond donors (Lipinski definition) is 1. The molecule has 21 heavy (non-hydrogen) atoms. The molecule has 110 valence electrons. The van der Waals surface area contributed by atoms with E-state index in [-0.39, 0.29) is 12.2 Å². The fourth-order valence-corrected chi connectivity index (χ4v) is 1.76. The highest BCUT2D eigenvalue weighted by Gasteiger charge is 2.10. The summed E-state index contributed by atoms with van der Waals surface area (Å²) in [6.45, 7) is 1.77. The summed E-state index contributed by atoms with van der Waals surface area (Å²) in [6.07, 6.45) is 3.13. The molecule has 0 fully saturated rings. The number of hydrogen-bond acceptors (Lipinski definition) is 4. The van der Waals surface area contributed by atoms with Gasteiger partial charge in [0.15, 0.2) is 0 Å². The summed E-state index contributed by atoms with van der Waals surface area (Å²) >= 11 is 0. The van der Waals surface area contributed by atoms with Crippen molar-refractivity contribution in [3.8, 4) is 0 Å². The van der Waals surface area contributed by atoms with Crippen LogP contribution in [-0.2, 0) is 4.79 Å². The summed E-state index contributed by atoms with van der Waals surface area (Å²) in [4.78, 5) is 21.7. The van der Waals surface area contributed by atoms with Gasteiger partial charge in [0.1, 0.15) is 17.5 Å². The zero-order chi connectivity index (χ0) is 15.4. The second-order valence-electron chi connectivity index (χ2n) is 4.58. The average Bonchev–Trinajstić information content (AvgIpc) is 2.37. The van der Waals surface area contributed by atoms with Crippen molar-refractivity contribution in [1.29, 1.82) is 0 Å². The molecule has 1 aromatic carbocycles. The van der Waals surface area contributed by atoms with E-state index in [1.165, 1.54) is 6.20 Å². The Hall–Kier alpha value is -2.57. The van der Waals surface area contributed by atoms with Gasteiger partial charge in [-0.1, -0.05) is 0 Å². The lowest BCUT2D eigenvalue weighted by Crippen LogP contribution is -2.30. The number of halogens is 2. The van der Waals surface area contributed by atoms with Gasteiger partial charge in [-0.2, -0.15) is 0 Å². The van der Waals surface area contributed by atoms with Gasteiger partial charge in [-0.3, -0.25) is 9.78 Å². The first kappa shape index (κ1) is 14.8. The molecule has 0 atom stereocenters. The van der Waals surface area contributed by atoms with Gasteiger partial charge >= 0.3 is 0 Å². The fraction of sp³-hybridized carbons (Fsp3) is 0.214. The van der Waals surface area contributed by atoms with Crippen LogP contribution in [0.2, 0.25) is 0 Å². The number of carbonyl (C=O) groups excluding carboxylic acids is 1. The van der Waals surface area contributed by atoms with Crippen molar-refractivity contribution in [2.75, 3.05) is 23.8 Å². The van der Waals surface area contributed by atoms with Crippen molar-refractivity contribution >= 4 is 17.4 Å². The highest BCUT2D eigenvalue weighted by molar-refractivity contribution is 5.93. The molecular formula is C14H14F2N4O. The van der Waals surface area contributed by atoms with Gasteiger partial charge in [-0.05, 0) is 19.1 Å². The van der Waals surface area contributed by atoms with Crippen molar-refractivity contribution in [1.82, 2.24) is 9.97 Å². The molecule has 0 aliphatic carbocycles. The zero-order valence-electron chi connectivity index (χ0n) is 11.6. The molecule has 0 bridgehead atoms. The highest BCUT2D eigenvalue weighted by atomic mass is 19.1.